The van der Waals surface area contributed by atoms with Gasteiger partial charge in [-0.25, -0.2) is 4.98 Å². The van der Waals surface area contributed by atoms with Gasteiger partial charge in [-0.15, -0.1) is 0 Å². The molecule has 0 saturated heterocycles. The second-order valence-electron chi connectivity index (χ2n) is 4.58. The Labute approximate surface area is 116 Å². The Kier molecular flexibility index (Phi) is 2.81. The van der Waals surface area contributed by atoms with E-state index in [4.69, 9.17) is 5.73 Å². The van der Waals surface area contributed by atoms with Crippen LogP contribution in [0.5, 0.6) is 0 Å². The van der Waals surface area contributed by atoms with Crippen LogP contribution < -0.4 is 5.73 Å². The van der Waals surface area contributed by atoms with Crippen molar-refractivity contribution in [3.63, 3.8) is 0 Å². The molecule has 1 aromatic carbocycles. The highest BCUT2D eigenvalue weighted by atomic mass is 14.8. The number of nitrogen functional groups attached to an aromatic ring is 1. The largest absolute Gasteiger partial charge is 0.397 e. The lowest BCUT2D eigenvalue weighted by molar-refractivity contribution is 1.26. The van der Waals surface area contributed by atoms with Crippen LogP contribution in [0.3, 0.4) is 0 Å². The number of benzene rings is 1. The number of hydrogen-bond acceptors (Lipinski definition) is 4. The third-order valence-electron chi connectivity index (χ3n) is 3.29. The number of fused-ring (bicyclic) bond motifs is 1. The number of aromatic nitrogens is 2. The van der Waals surface area contributed by atoms with Crippen molar-refractivity contribution in [3.05, 3.63) is 53.9 Å². The van der Waals surface area contributed by atoms with Crippen molar-refractivity contribution in [2.45, 2.75) is 6.92 Å². The zero-order chi connectivity index (χ0) is 14.1. The predicted molar refractivity (Wildman–Crippen MR) is 78.8 cm³/mol. The fourth-order valence-corrected chi connectivity index (χ4v) is 2.17. The molecule has 20 heavy (non-hydrogen) atoms. The van der Waals surface area contributed by atoms with Gasteiger partial charge in [0.1, 0.15) is 6.07 Å². The highest BCUT2D eigenvalue weighted by Gasteiger charge is 2.13. The van der Waals surface area contributed by atoms with Crippen molar-refractivity contribution in [1.29, 1.82) is 5.26 Å². The molecule has 0 aliphatic rings. The lowest BCUT2D eigenvalue weighted by Crippen LogP contribution is -1.99. The zero-order valence-corrected chi connectivity index (χ0v) is 11.0. The quantitative estimate of drug-likeness (QED) is 0.729. The highest BCUT2D eigenvalue weighted by Crippen LogP contribution is 2.30. The van der Waals surface area contributed by atoms with Crippen LogP contribution in [0.2, 0.25) is 0 Å². The molecule has 96 valence electrons. The molecule has 0 unspecified atom stereocenters. The van der Waals surface area contributed by atoms with E-state index < -0.39 is 0 Å². The summed E-state index contributed by atoms with van der Waals surface area (Å²) < 4.78 is 0. The van der Waals surface area contributed by atoms with Crippen molar-refractivity contribution in [3.8, 4) is 17.3 Å². The van der Waals surface area contributed by atoms with E-state index in [-0.39, 0.29) is 0 Å². The van der Waals surface area contributed by atoms with Crippen LogP contribution in [0.4, 0.5) is 5.69 Å². The van der Waals surface area contributed by atoms with Crippen LogP contribution in [-0.4, -0.2) is 9.97 Å². The molecule has 4 nitrogen and oxygen atoms in total. The Hall–Kier alpha value is -2.93. The van der Waals surface area contributed by atoms with Gasteiger partial charge in [-0.1, -0.05) is 18.2 Å². The van der Waals surface area contributed by atoms with E-state index in [0.29, 0.717) is 22.6 Å². The van der Waals surface area contributed by atoms with E-state index in [1.54, 1.807) is 6.20 Å². The van der Waals surface area contributed by atoms with E-state index in [0.717, 1.165) is 16.5 Å². The summed E-state index contributed by atoms with van der Waals surface area (Å²) in [5.41, 5.74) is 10.0. The molecule has 0 aliphatic heterocycles. The number of anilines is 1. The molecule has 0 aliphatic carbocycles. The van der Waals surface area contributed by atoms with Gasteiger partial charge in [0.25, 0.3) is 0 Å². The Balaban J connectivity index is 2.35. The van der Waals surface area contributed by atoms with Crippen molar-refractivity contribution < 1.29 is 0 Å². The average molecular weight is 260 g/mol. The number of nitrogens with two attached hydrogens (primary N) is 1. The molecule has 2 heterocycles. The van der Waals surface area contributed by atoms with Crippen LogP contribution in [0.25, 0.3) is 22.2 Å². The first-order valence-electron chi connectivity index (χ1n) is 6.22. The maximum Gasteiger partial charge on any atom is 0.150 e. The summed E-state index contributed by atoms with van der Waals surface area (Å²) in [6, 6.07) is 13.6. The summed E-state index contributed by atoms with van der Waals surface area (Å²) in [6.45, 7) is 1.92. The molecule has 4 heteroatoms. The Morgan fingerprint density at radius 3 is 2.80 bits per heavy atom. The van der Waals surface area contributed by atoms with E-state index in [2.05, 4.69) is 16.0 Å². The summed E-state index contributed by atoms with van der Waals surface area (Å²) in [5.74, 6) is 0. The average Bonchev–Trinajstić information content (AvgIpc) is 2.48. The van der Waals surface area contributed by atoms with E-state index >= 15 is 0 Å². The van der Waals surface area contributed by atoms with Crippen LogP contribution in [0, 0.1) is 18.3 Å². The normalized spacial score (nSPS) is 10.4. The van der Waals surface area contributed by atoms with Crippen molar-refractivity contribution in [2.24, 2.45) is 0 Å². The smallest absolute Gasteiger partial charge is 0.150 e. The molecule has 3 rings (SSSR count). The van der Waals surface area contributed by atoms with Crippen LogP contribution in [0.15, 0.2) is 42.6 Å². The molecule has 3 aromatic rings. The second-order valence-corrected chi connectivity index (χ2v) is 4.58. The summed E-state index contributed by atoms with van der Waals surface area (Å²) in [4.78, 5) is 8.69. The fourth-order valence-electron chi connectivity index (χ4n) is 2.17. The number of para-hydroxylation sites is 1. The summed E-state index contributed by atoms with van der Waals surface area (Å²) in [5, 5.41) is 10.3. The number of hydrogen-bond donors (Lipinski definition) is 1. The maximum absolute atomic E-state index is 9.32. The minimum absolute atomic E-state index is 0.341. The van der Waals surface area contributed by atoms with Crippen molar-refractivity contribution >= 4 is 16.6 Å². The predicted octanol–water partition coefficient (Wildman–Crippen LogP) is 3.06. The maximum atomic E-state index is 9.32. The minimum Gasteiger partial charge on any atom is -0.397 e. The molecule has 2 N–H and O–H groups in total. The number of aryl methyl sites for hydroxylation is 1. The number of nitrogens with zero attached hydrogens (tertiary/aromatic N) is 3. The first-order chi connectivity index (χ1) is 9.70. The number of pyridine rings is 2. The van der Waals surface area contributed by atoms with Gasteiger partial charge in [0.15, 0.2) is 5.69 Å². The monoisotopic (exact) mass is 260 g/mol. The second kappa shape index (κ2) is 4.63. The van der Waals surface area contributed by atoms with E-state index in [9.17, 15) is 5.26 Å². The summed E-state index contributed by atoms with van der Waals surface area (Å²) in [6.07, 6.45) is 1.69. The molecule has 0 radical (unpaired) electrons. The van der Waals surface area contributed by atoms with Crippen LogP contribution >= 0.6 is 0 Å². The van der Waals surface area contributed by atoms with Gasteiger partial charge in [0.2, 0.25) is 0 Å². The van der Waals surface area contributed by atoms with Crippen LogP contribution in [0.1, 0.15) is 11.3 Å². The number of nitriles is 1. The van der Waals surface area contributed by atoms with Gasteiger partial charge >= 0.3 is 0 Å². The van der Waals surface area contributed by atoms with Crippen molar-refractivity contribution in [2.75, 3.05) is 5.73 Å². The van der Waals surface area contributed by atoms with Crippen LogP contribution in [-0.2, 0) is 0 Å². The molecule has 0 saturated carbocycles. The third kappa shape index (κ3) is 1.86. The third-order valence-corrected chi connectivity index (χ3v) is 3.29. The Morgan fingerprint density at radius 2 is 2.00 bits per heavy atom. The molecule has 2 aromatic heterocycles. The van der Waals surface area contributed by atoms with E-state index in [1.165, 1.54) is 0 Å². The van der Waals surface area contributed by atoms with Gasteiger partial charge in [0, 0.05) is 17.1 Å². The molecule has 0 amide bonds. The standard InChI is InChI=1S/C16H12N4/c1-10-6-7-19-16(15(10)18)12-8-11-4-2-3-5-13(11)20-14(12)9-17/h2-8H,18H2,1H3. The molecule has 0 fully saturated rings. The summed E-state index contributed by atoms with van der Waals surface area (Å²) in [7, 11) is 0. The van der Waals surface area contributed by atoms with Gasteiger partial charge in [-0.3, -0.25) is 4.98 Å². The minimum atomic E-state index is 0.341. The SMILES string of the molecule is Cc1ccnc(-c2cc3ccccc3nc2C#N)c1N. The summed E-state index contributed by atoms with van der Waals surface area (Å²) >= 11 is 0. The Bertz CT molecular complexity index is 847. The fraction of sp³-hybridized carbons (Fsp3) is 0.0625. The van der Waals surface area contributed by atoms with Crippen molar-refractivity contribution in [1.82, 2.24) is 9.97 Å². The molecule has 0 bridgehead atoms. The van der Waals surface area contributed by atoms with Gasteiger partial charge in [0.05, 0.1) is 16.9 Å². The zero-order valence-electron chi connectivity index (χ0n) is 11.0. The Morgan fingerprint density at radius 1 is 1.20 bits per heavy atom. The number of rotatable bonds is 1. The molecule has 0 spiro atoms. The first-order valence-corrected chi connectivity index (χ1v) is 6.22. The van der Waals surface area contributed by atoms with Gasteiger partial charge < -0.3 is 5.73 Å². The topological polar surface area (TPSA) is 75.6 Å². The lowest BCUT2D eigenvalue weighted by atomic mass is 10.0. The first kappa shape index (κ1) is 12.1. The van der Waals surface area contributed by atoms with Gasteiger partial charge in [-0.05, 0) is 30.7 Å². The molecular formula is C16H12N4. The highest BCUT2D eigenvalue weighted by molar-refractivity contribution is 5.88. The molecule has 0 atom stereocenters. The van der Waals surface area contributed by atoms with Gasteiger partial charge in [-0.2, -0.15) is 5.26 Å². The molecular weight excluding hydrogens is 248 g/mol. The van der Waals surface area contributed by atoms with E-state index in [1.807, 2.05) is 43.3 Å². The lowest BCUT2D eigenvalue weighted by Gasteiger charge is -2.09.